The molecule has 1 aliphatic carbocycles. The standard InChI is InChI=1S/C24H18N2O3/c1-26-19-9-5-3-7-14(19)15-11-12-16-20(27)13-18(24(28)22(16)23(15)26)25-17-8-4-6-10-21(17)29-2/h3-13,25H,1-2H3. The SMILES string of the molecule is COc1ccccc1NC1=CC(=O)c2ccc3c4ccccc4n(C)c3c2C1=O. The predicted molar refractivity (Wildman–Crippen MR) is 114 cm³/mol. The number of rotatable bonds is 3. The number of hydrogen-bond acceptors (Lipinski definition) is 4. The van der Waals surface area contributed by atoms with Gasteiger partial charge in [-0.2, -0.15) is 0 Å². The Hall–Kier alpha value is -3.86. The number of nitrogens with zero attached hydrogens (tertiary/aromatic N) is 1. The lowest BCUT2D eigenvalue weighted by Gasteiger charge is -2.19. The van der Waals surface area contributed by atoms with E-state index in [4.69, 9.17) is 4.74 Å². The van der Waals surface area contributed by atoms with Crippen molar-refractivity contribution in [2.75, 3.05) is 12.4 Å². The number of allylic oxidation sites excluding steroid dienone is 2. The second-order valence-electron chi connectivity index (χ2n) is 7.04. The summed E-state index contributed by atoms with van der Waals surface area (Å²) in [6.07, 6.45) is 1.37. The number of aryl methyl sites for hydroxylation is 1. The van der Waals surface area contributed by atoms with Crippen LogP contribution in [0.15, 0.2) is 72.4 Å². The molecule has 4 aromatic rings. The van der Waals surface area contributed by atoms with Crippen LogP contribution in [0.5, 0.6) is 5.75 Å². The van der Waals surface area contributed by atoms with Crippen molar-refractivity contribution in [3.05, 3.63) is 83.6 Å². The first kappa shape index (κ1) is 17.3. The Morgan fingerprint density at radius 3 is 2.48 bits per heavy atom. The summed E-state index contributed by atoms with van der Waals surface area (Å²) in [4.78, 5) is 26.3. The molecule has 5 heteroatoms. The van der Waals surface area contributed by atoms with Gasteiger partial charge in [0, 0.05) is 35.0 Å². The quantitative estimate of drug-likeness (QED) is 0.557. The number of fused-ring (bicyclic) bond motifs is 5. The van der Waals surface area contributed by atoms with E-state index < -0.39 is 0 Å². The van der Waals surface area contributed by atoms with E-state index >= 15 is 0 Å². The molecule has 0 aliphatic heterocycles. The lowest BCUT2D eigenvalue weighted by Crippen LogP contribution is -2.22. The number of carbonyl (C=O) groups excluding carboxylic acids is 2. The van der Waals surface area contributed by atoms with Crippen molar-refractivity contribution in [2.45, 2.75) is 0 Å². The van der Waals surface area contributed by atoms with Crippen LogP contribution in [-0.2, 0) is 7.05 Å². The van der Waals surface area contributed by atoms with Gasteiger partial charge < -0.3 is 14.6 Å². The summed E-state index contributed by atoms with van der Waals surface area (Å²) in [6.45, 7) is 0. The number of Topliss-reactive ketones (excluding diaryl/α,β-unsaturated/α-hetero) is 1. The number of aromatic nitrogens is 1. The third-order valence-electron chi connectivity index (χ3n) is 5.46. The summed E-state index contributed by atoms with van der Waals surface area (Å²) >= 11 is 0. The van der Waals surface area contributed by atoms with Crippen molar-refractivity contribution in [1.82, 2.24) is 4.57 Å². The normalized spacial score (nSPS) is 13.5. The summed E-state index contributed by atoms with van der Waals surface area (Å²) in [5.41, 5.74) is 3.53. The van der Waals surface area contributed by atoms with Crippen molar-refractivity contribution in [3.63, 3.8) is 0 Å². The summed E-state index contributed by atoms with van der Waals surface area (Å²) in [6, 6.07) is 19.0. The Bertz CT molecular complexity index is 1360. The lowest BCUT2D eigenvalue weighted by molar-refractivity contribution is 0.0986. The molecule has 0 saturated carbocycles. The molecule has 1 aliphatic rings. The van der Waals surface area contributed by atoms with Gasteiger partial charge in [0.2, 0.25) is 5.78 Å². The van der Waals surface area contributed by atoms with E-state index in [2.05, 4.69) is 5.32 Å². The summed E-state index contributed by atoms with van der Waals surface area (Å²) < 4.78 is 7.34. The number of ether oxygens (including phenoxy) is 1. The van der Waals surface area contributed by atoms with E-state index in [0.29, 0.717) is 22.6 Å². The van der Waals surface area contributed by atoms with Crippen LogP contribution in [0.2, 0.25) is 0 Å². The van der Waals surface area contributed by atoms with Gasteiger partial charge in [0.05, 0.1) is 29.6 Å². The first-order valence-corrected chi connectivity index (χ1v) is 9.31. The van der Waals surface area contributed by atoms with E-state index in [1.807, 2.05) is 60.1 Å². The molecule has 0 amide bonds. The molecule has 0 atom stereocenters. The number of para-hydroxylation sites is 3. The van der Waals surface area contributed by atoms with Crippen LogP contribution in [0, 0.1) is 0 Å². The predicted octanol–water partition coefficient (Wildman–Crippen LogP) is 4.72. The van der Waals surface area contributed by atoms with Crippen LogP contribution in [0.3, 0.4) is 0 Å². The number of anilines is 1. The van der Waals surface area contributed by atoms with Crippen LogP contribution in [-0.4, -0.2) is 23.2 Å². The van der Waals surface area contributed by atoms with Crippen molar-refractivity contribution in [3.8, 4) is 5.75 Å². The number of ketones is 2. The Morgan fingerprint density at radius 2 is 1.66 bits per heavy atom. The van der Waals surface area contributed by atoms with Crippen LogP contribution in [0.4, 0.5) is 5.69 Å². The number of hydrogen-bond donors (Lipinski definition) is 1. The van der Waals surface area contributed by atoms with E-state index in [-0.39, 0.29) is 17.3 Å². The minimum atomic E-state index is -0.206. The Kier molecular flexibility index (Phi) is 3.77. The highest BCUT2D eigenvalue weighted by atomic mass is 16.5. The Labute approximate surface area is 167 Å². The maximum Gasteiger partial charge on any atom is 0.212 e. The molecule has 1 N–H and O–H groups in total. The van der Waals surface area contributed by atoms with Crippen LogP contribution in [0.25, 0.3) is 21.8 Å². The van der Waals surface area contributed by atoms with Gasteiger partial charge in [0.1, 0.15) is 5.75 Å². The minimum Gasteiger partial charge on any atom is -0.495 e. The third-order valence-corrected chi connectivity index (χ3v) is 5.46. The van der Waals surface area contributed by atoms with Crippen molar-refractivity contribution >= 4 is 39.1 Å². The molecule has 0 spiro atoms. The second-order valence-corrected chi connectivity index (χ2v) is 7.04. The molecule has 0 unspecified atom stereocenters. The second kappa shape index (κ2) is 6.34. The molecule has 29 heavy (non-hydrogen) atoms. The van der Waals surface area contributed by atoms with E-state index in [0.717, 1.165) is 21.8 Å². The first-order valence-electron chi connectivity index (χ1n) is 9.31. The maximum absolute atomic E-state index is 13.5. The maximum atomic E-state index is 13.5. The van der Waals surface area contributed by atoms with Gasteiger partial charge in [-0.25, -0.2) is 0 Å². The number of methoxy groups -OCH3 is 1. The molecule has 0 saturated heterocycles. The van der Waals surface area contributed by atoms with Gasteiger partial charge in [-0.15, -0.1) is 0 Å². The number of carbonyl (C=O) groups is 2. The molecule has 1 aromatic heterocycles. The van der Waals surface area contributed by atoms with Crippen LogP contribution >= 0.6 is 0 Å². The van der Waals surface area contributed by atoms with Gasteiger partial charge >= 0.3 is 0 Å². The first-order chi connectivity index (χ1) is 14.1. The van der Waals surface area contributed by atoms with Gasteiger partial charge in [0.15, 0.2) is 5.78 Å². The van der Waals surface area contributed by atoms with Gasteiger partial charge in [-0.3, -0.25) is 9.59 Å². The number of nitrogens with one attached hydrogen (secondary N) is 1. The summed E-state index contributed by atoms with van der Waals surface area (Å²) in [7, 11) is 3.49. The molecule has 5 nitrogen and oxygen atoms in total. The van der Waals surface area contributed by atoms with E-state index in [9.17, 15) is 9.59 Å². The minimum absolute atomic E-state index is 0.191. The zero-order valence-corrected chi connectivity index (χ0v) is 16.0. The molecule has 0 radical (unpaired) electrons. The number of benzene rings is 3. The zero-order chi connectivity index (χ0) is 20.1. The van der Waals surface area contributed by atoms with E-state index in [1.54, 1.807) is 19.2 Å². The molecule has 0 fully saturated rings. The third kappa shape index (κ3) is 2.48. The van der Waals surface area contributed by atoms with Crippen LogP contribution in [0.1, 0.15) is 20.7 Å². The molecule has 3 aromatic carbocycles. The van der Waals surface area contributed by atoms with Crippen LogP contribution < -0.4 is 10.1 Å². The molecular formula is C24H18N2O3. The van der Waals surface area contributed by atoms with Gasteiger partial charge in [-0.05, 0) is 24.3 Å². The van der Waals surface area contributed by atoms with Gasteiger partial charge in [0.25, 0.3) is 0 Å². The topological polar surface area (TPSA) is 60.3 Å². The largest absolute Gasteiger partial charge is 0.495 e. The molecular weight excluding hydrogens is 364 g/mol. The monoisotopic (exact) mass is 382 g/mol. The molecule has 1 heterocycles. The lowest BCUT2D eigenvalue weighted by atomic mass is 9.90. The van der Waals surface area contributed by atoms with Gasteiger partial charge in [-0.1, -0.05) is 36.4 Å². The highest BCUT2D eigenvalue weighted by molar-refractivity contribution is 6.31. The molecule has 5 rings (SSSR count). The van der Waals surface area contributed by atoms with Crippen molar-refractivity contribution < 1.29 is 14.3 Å². The average molecular weight is 382 g/mol. The van der Waals surface area contributed by atoms with Crippen molar-refractivity contribution in [2.24, 2.45) is 7.05 Å². The Morgan fingerprint density at radius 1 is 0.897 bits per heavy atom. The summed E-state index contributed by atoms with van der Waals surface area (Å²) in [5.74, 6) is 0.202. The molecule has 142 valence electrons. The smallest absolute Gasteiger partial charge is 0.212 e. The highest BCUT2D eigenvalue weighted by Gasteiger charge is 2.30. The fourth-order valence-corrected chi connectivity index (χ4v) is 4.10. The van der Waals surface area contributed by atoms with E-state index in [1.165, 1.54) is 6.08 Å². The molecule has 0 bridgehead atoms. The average Bonchev–Trinajstić information content (AvgIpc) is 3.04. The Balaban J connectivity index is 1.71. The zero-order valence-electron chi connectivity index (χ0n) is 16.0. The summed E-state index contributed by atoms with van der Waals surface area (Å²) in [5, 5.41) is 5.11. The highest BCUT2D eigenvalue weighted by Crippen LogP contribution is 2.36. The fourth-order valence-electron chi connectivity index (χ4n) is 4.10. The fraction of sp³-hybridized carbons (Fsp3) is 0.0833. The van der Waals surface area contributed by atoms with Crippen molar-refractivity contribution in [1.29, 1.82) is 0 Å².